The second kappa shape index (κ2) is 6.83. The molecule has 0 aliphatic rings. The Kier molecular flexibility index (Phi) is 4.43. The average Bonchev–Trinajstić information content (AvgIpc) is 2.59. The number of rotatable bonds is 4. The van der Waals surface area contributed by atoms with Crippen molar-refractivity contribution in [1.29, 1.82) is 0 Å². The van der Waals surface area contributed by atoms with E-state index >= 15 is 0 Å². The van der Waals surface area contributed by atoms with Gasteiger partial charge in [0.1, 0.15) is 12.4 Å². The Bertz CT molecular complexity index is 851. The summed E-state index contributed by atoms with van der Waals surface area (Å²) in [4.78, 5) is 16.1. The molecule has 4 heteroatoms. The quantitative estimate of drug-likeness (QED) is 0.537. The van der Waals surface area contributed by atoms with E-state index in [1.807, 2.05) is 30.3 Å². The number of esters is 1. The standard InChI is InChI=1S/C19H14FNO2/c20-17-9-6-14(7-10-17)13-23-18(22)11-8-16-4-1-3-15-5-2-12-21-19(15)16/h1-12H,13H2/b11-8+. The van der Waals surface area contributed by atoms with Crippen molar-refractivity contribution < 1.29 is 13.9 Å². The number of aromatic nitrogens is 1. The maximum absolute atomic E-state index is 12.8. The Morgan fingerprint density at radius 1 is 1.09 bits per heavy atom. The molecular weight excluding hydrogens is 293 g/mol. The molecule has 0 N–H and O–H groups in total. The molecule has 0 atom stereocenters. The Balaban J connectivity index is 1.67. The lowest BCUT2D eigenvalue weighted by Crippen LogP contribution is -2.00. The van der Waals surface area contributed by atoms with Gasteiger partial charge in [-0.25, -0.2) is 9.18 Å². The minimum absolute atomic E-state index is 0.108. The van der Waals surface area contributed by atoms with Crippen LogP contribution in [0.15, 0.2) is 66.9 Å². The maximum Gasteiger partial charge on any atom is 0.331 e. The van der Waals surface area contributed by atoms with Gasteiger partial charge in [-0.2, -0.15) is 0 Å². The fraction of sp³-hybridized carbons (Fsp3) is 0.0526. The van der Waals surface area contributed by atoms with E-state index in [1.54, 1.807) is 24.4 Å². The summed E-state index contributed by atoms with van der Waals surface area (Å²) in [5, 5.41) is 1.01. The number of halogens is 1. The molecule has 114 valence electrons. The minimum atomic E-state index is -0.456. The van der Waals surface area contributed by atoms with Crippen LogP contribution in [-0.2, 0) is 16.1 Å². The van der Waals surface area contributed by atoms with Crippen molar-refractivity contribution in [2.24, 2.45) is 0 Å². The molecule has 0 aliphatic carbocycles. The number of fused-ring (bicyclic) bond motifs is 1. The summed E-state index contributed by atoms with van der Waals surface area (Å²) in [6.07, 6.45) is 4.77. The van der Waals surface area contributed by atoms with Gasteiger partial charge < -0.3 is 4.74 Å². The predicted octanol–water partition coefficient (Wildman–Crippen LogP) is 4.13. The van der Waals surface area contributed by atoms with Gasteiger partial charge in [0, 0.05) is 23.2 Å². The van der Waals surface area contributed by atoms with Crippen LogP contribution in [0.4, 0.5) is 4.39 Å². The smallest absolute Gasteiger partial charge is 0.331 e. The number of benzene rings is 2. The summed E-state index contributed by atoms with van der Waals surface area (Å²) in [6.45, 7) is 0.108. The monoisotopic (exact) mass is 307 g/mol. The lowest BCUT2D eigenvalue weighted by molar-refractivity contribution is -0.138. The van der Waals surface area contributed by atoms with Crippen LogP contribution >= 0.6 is 0 Å². The van der Waals surface area contributed by atoms with E-state index in [0.717, 1.165) is 22.0 Å². The number of carbonyl (C=O) groups is 1. The fourth-order valence-corrected chi connectivity index (χ4v) is 2.20. The van der Waals surface area contributed by atoms with Gasteiger partial charge in [0.15, 0.2) is 0 Å². The van der Waals surface area contributed by atoms with Gasteiger partial charge in [0.25, 0.3) is 0 Å². The highest BCUT2D eigenvalue weighted by atomic mass is 19.1. The average molecular weight is 307 g/mol. The van der Waals surface area contributed by atoms with Crippen molar-refractivity contribution in [3.8, 4) is 0 Å². The molecule has 23 heavy (non-hydrogen) atoms. The van der Waals surface area contributed by atoms with Crippen LogP contribution < -0.4 is 0 Å². The first kappa shape index (κ1) is 14.9. The zero-order valence-corrected chi connectivity index (χ0v) is 12.3. The first-order valence-corrected chi connectivity index (χ1v) is 7.15. The molecule has 0 bridgehead atoms. The van der Waals surface area contributed by atoms with Gasteiger partial charge in [-0.15, -0.1) is 0 Å². The molecule has 3 rings (SSSR count). The first-order valence-electron chi connectivity index (χ1n) is 7.15. The largest absolute Gasteiger partial charge is 0.458 e. The van der Waals surface area contributed by atoms with E-state index in [0.29, 0.717) is 0 Å². The molecule has 0 aliphatic heterocycles. The SMILES string of the molecule is O=C(/C=C/c1cccc2cccnc12)OCc1ccc(F)cc1. The molecule has 0 radical (unpaired) electrons. The number of nitrogens with zero attached hydrogens (tertiary/aromatic N) is 1. The van der Waals surface area contributed by atoms with Gasteiger partial charge in [-0.1, -0.05) is 36.4 Å². The van der Waals surface area contributed by atoms with Crippen LogP contribution in [0.25, 0.3) is 17.0 Å². The second-order valence-electron chi connectivity index (χ2n) is 4.99. The lowest BCUT2D eigenvalue weighted by atomic mass is 10.1. The number of carbonyl (C=O) groups excluding carboxylic acids is 1. The third kappa shape index (κ3) is 3.80. The highest BCUT2D eigenvalue weighted by Crippen LogP contribution is 2.17. The topological polar surface area (TPSA) is 39.2 Å². The fourth-order valence-electron chi connectivity index (χ4n) is 2.20. The molecule has 1 heterocycles. The number of ether oxygens (including phenoxy) is 1. The number of para-hydroxylation sites is 1. The minimum Gasteiger partial charge on any atom is -0.458 e. The van der Waals surface area contributed by atoms with E-state index in [1.165, 1.54) is 18.2 Å². The normalized spacial score (nSPS) is 11.0. The predicted molar refractivity (Wildman–Crippen MR) is 87.0 cm³/mol. The molecule has 0 saturated heterocycles. The van der Waals surface area contributed by atoms with E-state index in [2.05, 4.69) is 4.98 Å². The Hall–Kier alpha value is -3.01. The molecule has 0 spiro atoms. The van der Waals surface area contributed by atoms with Crippen molar-refractivity contribution in [1.82, 2.24) is 4.98 Å². The molecule has 2 aromatic carbocycles. The van der Waals surface area contributed by atoms with E-state index in [4.69, 9.17) is 4.74 Å². The molecule has 3 nitrogen and oxygen atoms in total. The molecule has 0 fully saturated rings. The molecule has 0 saturated carbocycles. The van der Waals surface area contributed by atoms with Gasteiger partial charge in [-0.3, -0.25) is 4.98 Å². The second-order valence-corrected chi connectivity index (χ2v) is 4.99. The summed E-state index contributed by atoms with van der Waals surface area (Å²) in [5.41, 5.74) is 2.42. The zero-order valence-electron chi connectivity index (χ0n) is 12.3. The molecule has 3 aromatic rings. The van der Waals surface area contributed by atoms with Crippen molar-refractivity contribution in [3.05, 3.63) is 83.8 Å². The zero-order chi connectivity index (χ0) is 16.1. The van der Waals surface area contributed by atoms with Crippen LogP contribution in [0.2, 0.25) is 0 Å². The van der Waals surface area contributed by atoms with Crippen molar-refractivity contribution in [2.75, 3.05) is 0 Å². The summed E-state index contributed by atoms with van der Waals surface area (Å²) in [5.74, 6) is -0.773. The molecule has 0 unspecified atom stereocenters. The number of pyridine rings is 1. The van der Waals surface area contributed by atoms with Gasteiger partial charge in [0.2, 0.25) is 0 Å². The lowest BCUT2D eigenvalue weighted by Gasteiger charge is -2.03. The van der Waals surface area contributed by atoms with Crippen LogP contribution in [0.3, 0.4) is 0 Å². The van der Waals surface area contributed by atoms with Crippen LogP contribution in [0, 0.1) is 5.82 Å². The third-order valence-electron chi connectivity index (χ3n) is 3.36. The summed E-state index contributed by atoms with van der Waals surface area (Å²) < 4.78 is 17.9. The number of hydrogen-bond donors (Lipinski definition) is 0. The van der Waals surface area contributed by atoms with Gasteiger partial charge >= 0.3 is 5.97 Å². The summed E-state index contributed by atoms with van der Waals surface area (Å²) >= 11 is 0. The van der Waals surface area contributed by atoms with E-state index in [-0.39, 0.29) is 12.4 Å². The summed E-state index contributed by atoms with van der Waals surface area (Å²) in [7, 11) is 0. The van der Waals surface area contributed by atoms with Crippen molar-refractivity contribution in [2.45, 2.75) is 6.61 Å². The maximum atomic E-state index is 12.8. The highest BCUT2D eigenvalue weighted by molar-refractivity contribution is 5.92. The highest BCUT2D eigenvalue weighted by Gasteiger charge is 2.02. The van der Waals surface area contributed by atoms with Crippen molar-refractivity contribution in [3.63, 3.8) is 0 Å². The Morgan fingerprint density at radius 2 is 1.87 bits per heavy atom. The molecule has 1 aromatic heterocycles. The van der Waals surface area contributed by atoms with Crippen LogP contribution in [0.1, 0.15) is 11.1 Å². The molecule has 0 amide bonds. The Morgan fingerprint density at radius 3 is 2.70 bits per heavy atom. The van der Waals surface area contributed by atoms with Crippen molar-refractivity contribution >= 4 is 22.9 Å². The Labute approximate surface area is 133 Å². The van der Waals surface area contributed by atoms with E-state index < -0.39 is 5.97 Å². The summed E-state index contributed by atoms with van der Waals surface area (Å²) in [6, 6.07) is 15.4. The van der Waals surface area contributed by atoms with Gasteiger partial charge in [0.05, 0.1) is 5.52 Å². The molecular formula is C19H14FNO2. The van der Waals surface area contributed by atoms with Crippen LogP contribution in [0.5, 0.6) is 0 Å². The third-order valence-corrected chi connectivity index (χ3v) is 3.36. The first-order chi connectivity index (χ1) is 11.2. The van der Waals surface area contributed by atoms with Gasteiger partial charge in [-0.05, 0) is 29.8 Å². The van der Waals surface area contributed by atoms with Crippen LogP contribution in [-0.4, -0.2) is 11.0 Å². The number of hydrogen-bond acceptors (Lipinski definition) is 3. The van der Waals surface area contributed by atoms with E-state index in [9.17, 15) is 9.18 Å².